The summed E-state index contributed by atoms with van der Waals surface area (Å²) in [7, 11) is 0. The lowest BCUT2D eigenvalue weighted by Crippen LogP contribution is -1.95. The van der Waals surface area contributed by atoms with Crippen LogP contribution in [0.25, 0.3) is 54.5 Å². The summed E-state index contributed by atoms with van der Waals surface area (Å²) in [5, 5.41) is 1.24. The van der Waals surface area contributed by atoms with Crippen LogP contribution in [0.15, 0.2) is 92.6 Å². The smallest absolute Gasteiger partial charge is 0.154 e. The lowest BCUT2D eigenvalue weighted by atomic mass is 10.1. The Hall–Kier alpha value is -3.22. The van der Waals surface area contributed by atoms with Gasteiger partial charge in [0.25, 0.3) is 0 Å². The first-order valence-corrected chi connectivity index (χ1v) is 11.0. The van der Waals surface area contributed by atoms with Crippen molar-refractivity contribution in [3.8, 4) is 33.3 Å². The van der Waals surface area contributed by atoms with Gasteiger partial charge in [-0.15, -0.1) is 11.3 Å². The van der Waals surface area contributed by atoms with Crippen LogP contribution in [0.4, 0.5) is 0 Å². The Morgan fingerprint density at radius 2 is 1.40 bits per heavy atom. The minimum atomic E-state index is 0.653. The number of furan rings is 2. The minimum absolute atomic E-state index is 0.653. The molecule has 0 radical (unpaired) electrons. The Morgan fingerprint density at radius 1 is 0.733 bits per heavy atom. The molecule has 0 atom stereocenters. The summed E-state index contributed by atoms with van der Waals surface area (Å²) in [6, 6.07) is 22.2. The van der Waals surface area contributed by atoms with E-state index in [4.69, 9.17) is 18.8 Å². The van der Waals surface area contributed by atoms with E-state index in [9.17, 15) is 0 Å². The van der Waals surface area contributed by atoms with Crippen LogP contribution in [0.2, 0.25) is 0 Å². The van der Waals surface area contributed by atoms with Gasteiger partial charge >= 0.3 is 0 Å². The van der Waals surface area contributed by atoms with Crippen molar-refractivity contribution in [3.05, 3.63) is 83.7 Å². The van der Waals surface area contributed by atoms with Gasteiger partial charge in [-0.1, -0.05) is 34.1 Å². The first-order valence-electron chi connectivity index (χ1n) is 9.34. The lowest BCUT2D eigenvalue weighted by Gasteiger charge is -2.09. The largest absolute Gasteiger partial charge is 0.463 e. The van der Waals surface area contributed by atoms with Crippen LogP contribution < -0.4 is 0 Å². The number of rotatable bonds is 3. The highest BCUT2D eigenvalue weighted by Crippen LogP contribution is 2.40. The zero-order valence-electron chi connectivity index (χ0n) is 15.5. The number of hydrogen-bond donors (Lipinski definition) is 0. The lowest BCUT2D eigenvalue weighted by molar-refractivity contribution is 0.572. The standard InChI is InChI=1S/C24H13BrN2O2S/c25-16-13-18-17(12-15(16)22-11-14-5-1-2-8-21(14)30-22)26-23(19-6-3-9-28-19)24(27-18)20-7-4-10-29-20/h1-13H. The Morgan fingerprint density at radius 3 is 2.03 bits per heavy atom. The molecule has 0 amide bonds. The number of hydrogen-bond acceptors (Lipinski definition) is 5. The van der Waals surface area contributed by atoms with E-state index in [0.29, 0.717) is 22.9 Å². The van der Waals surface area contributed by atoms with Crippen molar-refractivity contribution < 1.29 is 8.83 Å². The quantitative estimate of drug-likeness (QED) is 0.263. The summed E-state index contributed by atoms with van der Waals surface area (Å²) < 4.78 is 13.5. The topological polar surface area (TPSA) is 52.1 Å². The third kappa shape index (κ3) is 2.88. The predicted molar refractivity (Wildman–Crippen MR) is 123 cm³/mol. The van der Waals surface area contributed by atoms with Crippen molar-refractivity contribution >= 4 is 48.4 Å². The number of fused-ring (bicyclic) bond motifs is 2. The van der Waals surface area contributed by atoms with Crippen molar-refractivity contribution in [3.63, 3.8) is 0 Å². The van der Waals surface area contributed by atoms with Crippen molar-refractivity contribution in [2.24, 2.45) is 0 Å². The van der Waals surface area contributed by atoms with Gasteiger partial charge in [0.2, 0.25) is 0 Å². The zero-order chi connectivity index (χ0) is 20.1. The van der Waals surface area contributed by atoms with E-state index < -0.39 is 0 Å². The van der Waals surface area contributed by atoms with Gasteiger partial charge in [-0.2, -0.15) is 0 Å². The second-order valence-electron chi connectivity index (χ2n) is 6.84. The number of nitrogens with zero attached hydrogens (tertiary/aromatic N) is 2. The molecule has 6 rings (SSSR count). The molecular weight excluding hydrogens is 460 g/mol. The fraction of sp³-hybridized carbons (Fsp3) is 0. The van der Waals surface area contributed by atoms with Crippen LogP contribution >= 0.6 is 27.3 Å². The van der Waals surface area contributed by atoms with E-state index in [1.54, 1.807) is 23.9 Å². The molecule has 0 aliphatic heterocycles. The molecule has 0 unspecified atom stereocenters. The summed E-state index contributed by atoms with van der Waals surface area (Å²) in [5.41, 5.74) is 3.99. The summed E-state index contributed by atoms with van der Waals surface area (Å²) in [6.45, 7) is 0. The summed E-state index contributed by atoms with van der Waals surface area (Å²) >= 11 is 5.50. The van der Waals surface area contributed by atoms with Crippen LogP contribution in [-0.2, 0) is 0 Å². The Bertz CT molecular complexity index is 1470. The van der Waals surface area contributed by atoms with Gasteiger partial charge in [-0.05, 0) is 53.9 Å². The summed E-state index contributed by atoms with van der Waals surface area (Å²) in [4.78, 5) is 11.0. The number of benzene rings is 2. The van der Waals surface area contributed by atoms with Gasteiger partial charge in [0.05, 0.1) is 23.6 Å². The van der Waals surface area contributed by atoms with Crippen LogP contribution in [0.5, 0.6) is 0 Å². The SMILES string of the molecule is Brc1cc2nc(-c3ccco3)c(-c3ccco3)nc2cc1-c1cc2ccccc2s1. The van der Waals surface area contributed by atoms with Gasteiger partial charge in [0.1, 0.15) is 11.4 Å². The van der Waals surface area contributed by atoms with E-state index in [2.05, 4.69) is 52.3 Å². The maximum atomic E-state index is 5.63. The van der Waals surface area contributed by atoms with Gasteiger partial charge in [0.15, 0.2) is 11.5 Å². The molecule has 4 nitrogen and oxygen atoms in total. The molecule has 144 valence electrons. The van der Waals surface area contributed by atoms with Crippen LogP contribution in [0.3, 0.4) is 0 Å². The van der Waals surface area contributed by atoms with Crippen molar-refractivity contribution in [1.82, 2.24) is 9.97 Å². The maximum absolute atomic E-state index is 5.63. The molecule has 0 bridgehead atoms. The third-order valence-electron chi connectivity index (χ3n) is 4.95. The predicted octanol–water partition coefficient (Wildman–Crippen LogP) is 7.79. The molecule has 0 saturated carbocycles. The molecule has 30 heavy (non-hydrogen) atoms. The van der Waals surface area contributed by atoms with E-state index >= 15 is 0 Å². The molecule has 4 heterocycles. The first-order chi connectivity index (χ1) is 14.8. The van der Waals surface area contributed by atoms with Crippen LogP contribution in [-0.4, -0.2) is 9.97 Å². The summed E-state index contributed by atoms with van der Waals surface area (Å²) in [5.74, 6) is 1.31. The Labute approximate surface area is 184 Å². The molecule has 0 fully saturated rings. The average Bonchev–Trinajstić information content (AvgIpc) is 3.54. The van der Waals surface area contributed by atoms with Gasteiger partial charge in [-0.25, -0.2) is 9.97 Å². The fourth-order valence-electron chi connectivity index (χ4n) is 3.55. The van der Waals surface area contributed by atoms with Crippen LogP contribution in [0, 0.1) is 0 Å². The minimum Gasteiger partial charge on any atom is -0.463 e. The first kappa shape index (κ1) is 17.6. The fourth-order valence-corrected chi connectivity index (χ4v) is 5.32. The summed E-state index contributed by atoms with van der Waals surface area (Å²) in [6.07, 6.45) is 3.27. The number of thiophene rings is 1. The van der Waals surface area contributed by atoms with Gasteiger partial charge < -0.3 is 8.83 Å². The van der Waals surface area contributed by atoms with Crippen molar-refractivity contribution in [1.29, 1.82) is 0 Å². The van der Waals surface area contributed by atoms with E-state index in [-0.39, 0.29) is 0 Å². The van der Waals surface area contributed by atoms with Gasteiger partial charge in [0, 0.05) is 19.6 Å². The van der Waals surface area contributed by atoms with Crippen molar-refractivity contribution in [2.45, 2.75) is 0 Å². The maximum Gasteiger partial charge on any atom is 0.154 e. The molecule has 0 aliphatic rings. The highest BCUT2D eigenvalue weighted by atomic mass is 79.9. The molecule has 0 spiro atoms. The normalized spacial score (nSPS) is 11.5. The number of aromatic nitrogens is 2. The Kier molecular flexibility index (Phi) is 4.07. The zero-order valence-corrected chi connectivity index (χ0v) is 17.9. The van der Waals surface area contributed by atoms with E-state index in [1.165, 1.54) is 15.0 Å². The van der Waals surface area contributed by atoms with E-state index in [0.717, 1.165) is 21.1 Å². The molecule has 0 N–H and O–H groups in total. The highest BCUT2D eigenvalue weighted by molar-refractivity contribution is 9.10. The second kappa shape index (κ2) is 6.93. The molecule has 6 aromatic rings. The van der Waals surface area contributed by atoms with Crippen LogP contribution in [0.1, 0.15) is 0 Å². The number of halogens is 1. The molecule has 6 heteroatoms. The third-order valence-corrected chi connectivity index (χ3v) is 6.76. The Balaban J connectivity index is 1.59. The second-order valence-corrected chi connectivity index (χ2v) is 8.78. The van der Waals surface area contributed by atoms with Crippen molar-refractivity contribution in [2.75, 3.05) is 0 Å². The molecule has 0 aliphatic carbocycles. The highest BCUT2D eigenvalue weighted by Gasteiger charge is 2.19. The molecule has 0 saturated heterocycles. The average molecular weight is 473 g/mol. The molecule has 4 aromatic heterocycles. The molecule has 2 aromatic carbocycles. The monoisotopic (exact) mass is 472 g/mol. The van der Waals surface area contributed by atoms with E-state index in [1.807, 2.05) is 30.3 Å². The van der Waals surface area contributed by atoms with Gasteiger partial charge in [-0.3, -0.25) is 0 Å². The molecular formula is C24H13BrN2O2S.